The van der Waals surface area contributed by atoms with E-state index in [1.165, 1.54) is 13.4 Å². The Balaban J connectivity index is 1.25. The van der Waals surface area contributed by atoms with Gasteiger partial charge in [0.1, 0.15) is 17.7 Å². The Morgan fingerprint density at radius 3 is 2.45 bits per heavy atom. The van der Waals surface area contributed by atoms with E-state index in [9.17, 15) is 18.0 Å². The van der Waals surface area contributed by atoms with Gasteiger partial charge in [0.05, 0.1) is 24.9 Å². The number of halogens is 3. The monoisotopic (exact) mass is 573 g/mol. The number of hydrogen-bond acceptors (Lipinski definition) is 7. The van der Waals surface area contributed by atoms with Crippen LogP contribution >= 0.6 is 0 Å². The third-order valence-electron chi connectivity index (χ3n) is 7.84. The molecule has 4 aromatic rings. The smallest absolute Gasteiger partial charge is 0.434 e. The van der Waals surface area contributed by atoms with E-state index < -0.39 is 11.9 Å². The summed E-state index contributed by atoms with van der Waals surface area (Å²) in [5, 5.41) is 0.727. The summed E-state index contributed by atoms with van der Waals surface area (Å²) in [4.78, 5) is 39.1. The highest BCUT2D eigenvalue weighted by molar-refractivity contribution is 5.87. The van der Waals surface area contributed by atoms with E-state index in [0.717, 1.165) is 53.9 Å². The minimum absolute atomic E-state index is 0.0444. The number of methoxy groups -OCH3 is 1. The molecule has 1 aliphatic heterocycles. The van der Waals surface area contributed by atoms with E-state index >= 15 is 0 Å². The molecule has 3 aromatic heterocycles. The number of ether oxygens (including phenoxy) is 1. The maximum atomic E-state index is 13.4. The molecule has 1 amide bonds. The fourth-order valence-corrected chi connectivity index (χ4v) is 5.55. The van der Waals surface area contributed by atoms with Gasteiger partial charge in [0.2, 0.25) is 5.88 Å². The highest BCUT2D eigenvalue weighted by Gasteiger charge is 2.37. The average molecular weight is 574 g/mol. The molecule has 7 rings (SSSR count). The summed E-state index contributed by atoms with van der Waals surface area (Å²) >= 11 is 0. The van der Waals surface area contributed by atoms with Crippen LogP contribution in [0.1, 0.15) is 66.7 Å². The highest BCUT2D eigenvalue weighted by atomic mass is 19.4. The molecule has 0 spiro atoms. The highest BCUT2D eigenvalue weighted by Crippen LogP contribution is 2.45. The molecule has 9 nitrogen and oxygen atoms in total. The zero-order valence-corrected chi connectivity index (χ0v) is 22.9. The topological polar surface area (TPSA) is 108 Å². The van der Waals surface area contributed by atoms with Crippen molar-refractivity contribution in [3.8, 4) is 28.7 Å². The molecule has 2 aliphatic carbocycles. The summed E-state index contributed by atoms with van der Waals surface area (Å²) in [5.74, 6) is 1.05. The number of carbonyl (C=O) groups is 1. The van der Waals surface area contributed by atoms with Gasteiger partial charge in [0, 0.05) is 28.9 Å². The summed E-state index contributed by atoms with van der Waals surface area (Å²) in [5.41, 5.74) is 3.89. The predicted molar refractivity (Wildman–Crippen MR) is 145 cm³/mol. The van der Waals surface area contributed by atoms with Gasteiger partial charge < -0.3 is 9.30 Å². The molecule has 4 heterocycles. The van der Waals surface area contributed by atoms with E-state index in [1.54, 1.807) is 16.7 Å². The second kappa shape index (κ2) is 9.81. The van der Waals surface area contributed by atoms with Gasteiger partial charge in [0.15, 0.2) is 17.0 Å². The SMILES string of the molecule is COc1ncnc(C2CC2)c1-c1nc(C)c2c(n1)=NC(=O)CC=2Cc1ccc(-c2nc(C(F)(F)F)cn2C2CC2)cc1. The van der Waals surface area contributed by atoms with Crippen molar-refractivity contribution >= 4 is 11.5 Å². The maximum absolute atomic E-state index is 13.4. The molecule has 0 atom stereocenters. The Bertz CT molecular complexity index is 1860. The van der Waals surface area contributed by atoms with Gasteiger partial charge in [-0.05, 0) is 50.2 Å². The van der Waals surface area contributed by atoms with Crippen LogP contribution in [0.5, 0.6) is 5.88 Å². The zero-order valence-electron chi connectivity index (χ0n) is 22.9. The van der Waals surface area contributed by atoms with Crippen LogP contribution in [-0.2, 0) is 17.4 Å². The molecule has 214 valence electrons. The van der Waals surface area contributed by atoms with Gasteiger partial charge in [0.25, 0.3) is 5.91 Å². The van der Waals surface area contributed by atoms with Crippen LogP contribution in [-0.4, -0.2) is 42.5 Å². The van der Waals surface area contributed by atoms with Crippen molar-refractivity contribution in [3.63, 3.8) is 0 Å². The van der Waals surface area contributed by atoms with E-state index in [2.05, 4.69) is 19.9 Å². The lowest BCUT2D eigenvalue weighted by atomic mass is 9.97. The summed E-state index contributed by atoms with van der Waals surface area (Å²) in [6.45, 7) is 1.86. The standard InChI is InChI=1S/C30H26F3N7O2/c1-15-23-19(11-16-3-5-18(6-4-16)28-37-21(30(31,32)33)13-40(28)20-9-10-20)12-22(41)38-26(23)39-27(36-15)24-25(17-7-8-17)34-14-35-29(24)42-2/h3-6,13-14,17,20H,7-12H2,1-2H3. The fourth-order valence-electron chi connectivity index (χ4n) is 5.55. The van der Waals surface area contributed by atoms with E-state index in [-0.39, 0.29) is 18.4 Å². The number of nitrogens with zero attached hydrogens (tertiary/aromatic N) is 7. The molecular formula is C30H26F3N7O2. The third-order valence-corrected chi connectivity index (χ3v) is 7.84. The van der Waals surface area contributed by atoms with Crippen LogP contribution < -0.4 is 15.4 Å². The number of fused-ring (bicyclic) bond motifs is 1. The largest absolute Gasteiger partial charge is 0.480 e. The van der Waals surface area contributed by atoms with Crippen LogP contribution in [0.4, 0.5) is 13.2 Å². The van der Waals surface area contributed by atoms with E-state index in [1.807, 2.05) is 19.1 Å². The molecule has 0 bridgehead atoms. The second-order valence-corrected chi connectivity index (χ2v) is 11.0. The predicted octanol–water partition coefficient (Wildman–Crippen LogP) is 4.29. The molecule has 12 heteroatoms. The minimum atomic E-state index is -4.50. The number of carbonyl (C=O) groups excluding carboxylic acids is 1. The van der Waals surface area contributed by atoms with Gasteiger partial charge in [-0.1, -0.05) is 24.3 Å². The maximum Gasteiger partial charge on any atom is 0.434 e. The number of hydrogen-bond donors (Lipinski definition) is 0. The first-order valence-corrected chi connectivity index (χ1v) is 13.8. The lowest BCUT2D eigenvalue weighted by molar-refractivity contribution is -0.140. The molecule has 0 radical (unpaired) electrons. The van der Waals surface area contributed by atoms with Gasteiger partial charge in [-0.3, -0.25) is 4.79 Å². The Morgan fingerprint density at radius 1 is 1.02 bits per heavy atom. The first-order chi connectivity index (χ1) is 20.2. The van der Waals surface area contributed by atoms with Crippen molar-refractivity contribution in [2.45, 2.75) is 63.6 Å². The lowest BCUT2D eigenvalue weighted by Gasteiger charge is -2.14. The van der Waals surface area contributed by atoms with Gasteiger partial charge in [-0.25, -0.2) is 24.9 Å². The van der Waals surface area contributed by atoms with Crippen molar-refractivity contribution in [1.82, 2.24) is 29.5 Å². The minimum Gasteiger partial charge on any atom is -0.480 e. The van der Waals surface area contributed by atoms with Crippen molar-refractivity contribution < 1.29 is 22.7 Å². The number of aromatic nitrogens is 6. The summed E-state index contributed by atoms with van der Waals surface area (Å²) in [6.07, 6.45) is 2.35. The van der Waals surface area contributed by atoms with E-state index in [4.69, 9.17) is 14.7 Å². The molecular weight excluding hydrogens is 547 g/mol. The first kappa shape index (κ1) is 26.4. The number of imidazole rings is 1. The van der Waals surface area contributed by atoms with Crippen LogP contribution in [0.25, 0.3) is 28.3 Å². The number of aryl methyl sites for hydroxylation is 1. The zero-order chi connectivity index (χ0) is 29.2. The second-order valence-electron chi connectivity index (χ2n) is 11.0. The molecule has 0 unspecified atom stereocenters. The van der Waals surface area contributed by atoms with E-state index in [0.29, 0.717) is 52.2 Å². The van der Waals surface area contributed by atoms with Gasteiger partial charge >= 0.3 is 6.18 Å². The Morgan fingerprint density at radius 2 is 1.79 bits per heavy atom. The molecule has 2 fully saturated rings. The number of alkyl halides is 3. The van der Waals surface area contributed by atoms with Crippen molar-refractivity contribution in [3.05, 3.63) is 70.1 Å². The third kappa shape index (κ3) is 4.84. The summed E-state index contributed by atoms with van der Waals surface area (Å²) < 4.78 is 47.3. The molecule has 1 aromatic carbocycles. The van der Waals surface area contributed by atoms with Crippen molar-refractivity contribution in [2.24, 2.45) is 4.99 Å². The Labute approximate surface area is 238 Å². The average Bonchev–Trinajstić information content (AvgIpc) is 3.90. The lowest BCUT2D eigenvalue weighted by Crippen LogP contribution is -2.39. The first-order valence-electron chi connectivity index (χ1n) is 13.8. The molecule has 42 heavy (non-hydrogen) atoms. The van der Waals surface area contributed by atoms with Gasteiger partial charge in [-0.2, -0.15) is 18.2 Å². The van der Waals surface area contributed by atoms with Crippen LogP contribution in [0.15, 0.2) is 41.8 Å². The van der Waals surface area contributed by atoms with Crippen LogP contribution in [0.2, 0.25) is 0 Å². The molecule has 0 saturated heterocycles. The summed E-state index contributed by atoms with van der Waals surface area (Å²) in [7, 11) is 1.54. The van der Waals surface area contributed by atoms with Crippen molar-refractivity contribution in [1.29, 1.82) is 0 Å². The van der Waals surface area contributed by atoms with Crippen molar-refractivity contribution in [2.75, 3.05) is 7.11 Å². The Kier molecular flexibility index (Phi) is 6.17. The fraction of sp³-hybridized carbons (Fsp3) is 0.367. The normalized spacial score (nSPS) is 16.8. The molecule has 3 aliphatic rings. The number of benzene rings is 1. The summed E-state index contributed by atoms with van der Waals surface area (Å²) in [6, 6.07) is 7.32. The Hall–Kier alpha value is -4.48. The quantitative estimate of drug-likeness (QED) is 0.325. The number of rotatable bonds is 7. The molecule has 2 saturated carbocycles. The number of amides is 1. The van der Waals surface area contributed by atoms with Crippen LogP contribution in [0, 0.1) is 6.92 Å². The van der Waals surface area contributed by atoms with Crippen LogP contribution in [0.3, 0.4) is 0 Å². The van der Waals surface area contributed by atoms with Gasteiger partial charge in [-0.15, -0.1) is 0 Å². The molecule has 0 N–H and O–H groups in total.